The van der Waals surface area contributed by atoms with Gasteiger partial charge in [0.1, 0.15) is 0 Å². The van der Waals surface area contributed by atoms with Crippen LogP contribution in [-0.2, 0) is 0 Å². The van der Waals surface area contributed by atoms with E-state index >= 15 is 0 Å². The normalized spacial score (nSPS) is 9.29. The first-order valence-electron chi connectivity index (χ1n) is 4.38. The number of hydrogen-bond acceptors (Lipinski definition) is 3. The van der Waals surface area contributed by atoms with E-state index in [9.17, 15) is 0 Å². The van der Waals surface area contributed by atoms with E-state index in [0.717, 1.165) is 23.7 Å². The number of hydrogen-bond donors (Lipinski definition) is 1. The van der Waals surface area contributed by atoms with Crippen LogP contribution in [0.5, 0.6) is 11.5 Å². The molecule has 0 saturated heterocycles. The van der Waals surface area contributed by atoms with E-state index in [4.69, 9.17) is 9.47 Å². The number of nitrogens with one attached hydrogen (secondary N) is 1. The van der Waals surface area contributed by atoms with Crippen LogP contribution in [0.3, 0.4) is 0 Å². The van der Waals surface area contributed by atoms with E-state index in [1.165, 1.54) is 0 Å². The fourth-order valence-corrected chi connectivity index (χ4v) is 1.14. The first-order chi connectivity index (χ1) is 6.81. The summed E-state index contributed by atoms with van der Waals surface area (Å²) >= 11 is 0. The van der Waals surface area contributed by atoms with Gasteiger partial charge >= 0.3 is 0 Å². The fourth-order valence-electron chi connectivity index (χ4n) is 1.14. The van der Waals surface area contributed by atoms with Crippen molar-refractivity contribution in [3.05, 3.63) is 30.9 Å². The molecule has 1 rings (SSSR count). The van der Waals surface area contributed by atoms with Gasteiger partial charge in [0.25, 0.3) is 0 Å². The van der Waals surface area contributed by atoms with Gasteiger partial charge in [0.2, 0.25) is 0 Å². The Morgan fingerprint density at radius 3 is 2.57 bits per heavy atom. The van der Waals surface area contributed by atoms with Gasteiger partial charge in [0, 0.05) is 18.3 Å². The van der Waals surface area contributed by atoms with Crippen LogP contribution >= 0.6 is 0 Å². The Labute approximate surface area is 84.3 Å². The molecule has 3 nitrogen and oxygen atoms in total. The molecule has 0 amide bonds. The molecule has 76 valence electrons. The fraction of sp³-hybridized carbons (Fsp3) is 0.273. The van der Waals surface area contributed by atoms with Gasteiger partial charge in [-0.3, -0.25) is 0 Å². The zero-order valence-corrected chi connectivity index (χ0v) is 8.54. The molecule has 0 heterocycles. The van der Waals surface area contributed by atoms with E-state index in [2.05, 4.69) is 11.9 Å². The third-order valence-corrected chi connectivity index (χ3v) is 1.83. The molecule has 1 aromatic rings. The number of methoxy groups -OCH3 is 2. The molecule has 0 atom stereocenters. The van der Waals surface area contributed by atoms with Gasteiger partial charge in [-0.1, -0.05) is 6.08 Å². The summed E-state index contributed by atoms with van der Waals surface area (Å²) in [5.41, 5.74) is 0.988. The Bertz CT molecular complexity index is 310. The third kappa shape index (κ3) is 2.42. The van der Waals surface area contributed by atoms with Crippen molar-refractivity contribution < 1.29 is 9.47 Å². The lowest BCUT2D eigenvalue weighted by atomic mass is 10.2. The Morgan fingerprint density at radius 1 is 1.29 bits per heavy atom. The van der Waals surface area contributed by atoms with Gasteiger partial charge < -0.3 is 14.8 Å². The minimum Gasteiger partial charge on any atom is -0.493 e. The number of benzene rings is 1. The molecule has 1 aromatic carbocycles. The van der Waals surface area contributed by atoms with Crippen molar-refractivity contribution in [2.45, 2.75) is 0 Å². The maximum Gasteiger partial charge on any atom is 0.162 e. The number of rotatable bonds is 5. The van der Waals surface area contributed by atoms with Gasteiger partial charge in [-0.2, -0.15) is 0 Å². The van der Waals surface area contributed by atoms with Gasteiger partial charge in [0.05, 0.1) is 14.2 Å². The lowest BCUT2D eigenvalue weighted by Gasteiger charge is -2.09. The first-order valence-corrected chi connectivity index (χ1v) is 4.38. The maximum absolute atomic E-state index is 5.17. The highest BCUT2D eigenvalue weighted by Gasteiger charge is 2.02. The van der Waals surface area contributed by atoms with Crippen molar-refractivity contribution in [3.63, 3.8) is 0 Å². The minimum atomic E-state index is 0.724. The SMILES string of the molecule is C=CCNc1ccc(OC)c(OC)c1. The van der Waals surface area contributed by atoms with Gasteiger partial charge in [-0.05, 0) is 12.1 Å². The average molecular weight is 193 g/mol. The van der Waals surface area contributed by atoms with E-state index in [1.807, 2.05) is 18.2 Å². The lowest BCUT2D eigenvalue weighted by Crippen LogP contribution is -1.98. The van der Waals surface area contributed by atoms with Crippen LogP contribution in [0.25, 0.3) is 0 Å². The minimum absolute atomic E-state index is 0.724. The van der Waals surface area contributed by atoms with Crippen LogP contribution in [0.2, 0.25) is 0 Å². The average Bonchev–Trinajstić information content (AvgIpc) is 2.25. The Hall–Kier alpha value is -1.64. The zero-order valence-electron chi connectivity index (χ0n) is 8.54. The quantitative estimate of drug-likeness (QED) is 0.728. The van der Waals surface area contributed by atoms with Crippen LogP contribution in [0.4, 0.5) is 5.69 Å². The Morgan fingerprint density at radius 2 is 2.00 bits per heavy atom. The predicted molar refractivity (Wildman–Crippen MR) is 58.2 cm³/mol. The molecule has 0 aliphatic carbocycles. The molecule has 0 saturated carbocycles. The molecular weight excluding hydrogens is 178 g/mol. The Kier molecular flexibility index (Phi) is 3.85. The van der Waals surface area contributed by atoms with Crippen molar-refractivity contribution in [1.29, 1.82) is 0 Å². The largest absolute Gasteiger partial charge is 0.493 e. The molecule has 0 spiro atoms. The van der Waals surface area contributed by atoms with Crippen molar-refractivity contribution in [3.8, 4) is 11.5 Å². The summed E-state index contributed by atoms with van der Waals surface area (Å²) in [4.78, 5) is 0. The second-order valence-electron chi connectivity index (χ2n) is 2.74. The summed E-state index contributed by atoms with van der Waals surface area (Å²) in [7, 11) is 3.24. The van der Waals surface area contributed by atoms with Crippen molar-refractivity contribution >= 4 is 5.69 Å². The highest BCUT2D eigenvalue weighted by Crippen LogP contribution is 2.29. The monoisotopic (exact) mass is 193 g/mol. The topological polar surface area (TPSA) is 30.5 Å². The molecule has 0 radical (unpaired) electrons. The van der Waals surface area contributed by atoms with E-state index in [-0.39, 0.29) is 0 Å². The third-order valence-electron chi connectivity index (χ3n) is 1.83. The van der Waals surface area contributed by atoms with Crippen LogP contribution in [-0.4, -0.2) is 20.8 Å². The second kappa shape index (κ2) is 5.17. The number of anilines is 1. The summed E-state index contributed by atoms with van der Waals surface area (Å²) in [5.74, 6) is 1.46. The molecule has 0 aromatic heterocycles. The summed E-state index contributed by atoms with van der Waals surface area (Å²) < 4.78 is 10.3. The molecule has 1 N–H and O–H groups in total. The molecular formula is C11H15NO2. The first kappa shape index (κ1) is 10.4. The van der Waals surface area contributed by atoms with E-state index < -0.39 is 0 Å². The van der Waals surface area contributed by atoms with Gasteiger partial charge in [-0.15, -0.1) is 6.58 Å². The van der Waals surface area contributed by atoms with Crippen LogP contribution in [0, 0.1) is 0 Å². The zero-order chi connectivity index (χ0) is 10.4. The lowest BCUT2D eigenvalue weighted by molar-refractivity contribution is 0.355. The summed E-state index contributed by atoms with van der Waals surface area (Å²) in [5, 5.41) is 3.17. The molecule has 3 heteroatoms. The summed E-state index contributed by atoms with van der Waals surface area (Å²) in [6.07, 6.45) is 1.80. The van der Waals surface area contributed by atoms with E-state index in [1.54, 1.807) is 20.3 Å². The standard InChI is InChI=1S/C11H15NO2/c1-4-7-12-9-5-6-10(13-2)11(8-9)14-3/h4-6,8,12H,1,7H2,2-3H3. The molecule has 0 bridgehead atoms. The van der Waals surface area contributed by atoms with Gasteiger partial charge in [-0.25, -0.2) is 0 Å². The highest BCUT2D eigenvalue weighted by molar-refractivity contribution is 5.54. The predicted octanol–water partition coefficient (Wildman–Crippen LogP) is 2.30. The highest BCUT2D eigenvalue weighted by atomic mass is 16.5. The van der Waals surface area contributed by atoms with Crippen LogP contribution in [0.1, 0.15) is 0 Å². The molecule has 0 fully saturated rings. The molecule has 0 unspecified atom stereocenters. The van der Waals surface area contributed by atoms with Crippen LogP contribution < -0.4 is 14.8 Å². The molecule has 0 aliphatic rings. The van der Waals surface area contributed by atoms with Gasteiger partial charge in [0.15, 0.2) is 11.5 Å². The van der Waals surface area contributed by atoms with E-state index in [0.29, 0.717) is 0 Å². The molecule has 14 heavy (non-hydrogen) atoms. The Balaban J connectivity index is 2.83. The summed E-state index contributed by atoms with van der Waals surface area (Å²) in [6, 6.07) is 5.69. The second-order valence-corrected chi connectivity index (χ2v) is 2.74. The smallest absolute Gasteiger partial charge is 0.162 e. The molecule has 0 aliphatic heterocycles. The summed E-state index contributed by atoms with van der Waals surface area (Å²) in [6.45, 7) is 4.37. The van der Waals surface area contributed by atoms with Crippen molar-refractivity contribution in [2.24, 2.45) is 0 Å². The van der Waals surface area contributed by atoms with Crippen LogP contribution in [0.15, 0.2) is 30.9 Å². The van der Waals surface area contributed by atoms with Crippen molar-refractivity contribution in [2.75, 3.05) is 26.1 Å². The number of ether oxygens (including phenoxy) is 2. The maximum atomic E-state index is 5.17. The van der Waals surface area contributed by atoms with Crippen molar-refractivity contribution in [1.82, 2.24) is 0 Å².